The molecule has 1 rings (SSSR count). The predicted octanol–water partition coefficient (Wildman–Crippen LogP) is 0.678. The first-order valence-corrected chi connectivity index (χ1v) is 7.04. The summed E-state index contributed by atoms with van der Waals surface area (Å²) < 4.78 is 5.37. The number of rotatable bonds is 11. The molecule has 1 aromatic rings. The highest BCUT2D eigenvalue weighted by atomic mass is 16.5. The lowest BCUT2D eigenvalue weighted by molar-refractivity contribution is -0.142. The zero-order valence-corrected chi connectivity index (χ0v) is 12.7. The molecular formula is C16H21NO6. The Hall–Kier alpha value is -2.22. The fourth-order valence-corrected chi connectivity index (χ4v) is 1.98. The molecule has 0 spiro atoms. The van der Waals surface area contributed by atoms with Crippen LogP contribution in [0.25, 0.3) is 6.08 Å². The molecule has 126 valence electrons. The number of aliphatic hydroxyl groups is 1. The van der Waals surface area contributed by atoms with Gasteiger partial charge in [0.1, 0.15) is 0 Å². The van der Waals surface area contributed by atoms with Crippen LogP contribution in [0.2, 0.25) is 0 Å². The Bertz CT molecular complexity index is 512. The molecule has 0 bridgehead atoms. The summed E-state index contributed by atoms with van der Waals surface area (Å²) in [6.45, 7) is 2.95. The van der Waals surface area contributed by atoms with Gasteiger partial charge in [-0.15, -0.1) is 0 Å². The maximum absolute atomic E-state index is 10.7. The van der Waals surface area contributed by atoms with Crippen molar-refractivity contribution in [3.05, 3.63) is 42.0 Å². The van der Waals surface area contributed by atoms with Gasteiger partial charge in [0.2, 0.25) is 0 Å². The molecule has 1 unspecified atom stereocenters. The Morgan fingerprint density at radius 2 is 1.74 bits per heavy atom. The molecule has 23 heavy (non-hydrogen) atoms. The Kier molecular flexibility index (Phi) is 7.96. The second-order valence-electron chi connectivity index (χ2n) is 5.07. The maximum Gasteiger partial charge on any atom is 0.317 e. The Balaban J connectivity index is 2.38. The molecule has 0 aliphatic heterocycles. The second-order valence-corrected chi connectivity index (χ2v) is 5.07. The third-order valence-corrected chi connectivity index (χ3v) is 2.98. The summed E-state index contributed by atoms with van der Waals surface area (Å²) in [5, 5.41) is 27.3. The summed E-state index contributed by atoms with van der Waals surface area (Å²) in [6.07, 6.45) is 0.759. The number of aliphatic hydroxyl groups excluding tert-OH is 1. The van der Waals surface area contributed by atoms with Crippen LogP contribution >= 0.6 is 0 Å². The van der Waals surface area contributed by atoms with E-state index in [1.807, 2.05) is 24.3 Å². The molecule has 0 radical (unpaired) electrons. The summed E-state index contributed by atoms with van der Waals surface area (Å²) >= 11 is 0. The van der Waals surface area contributed by atoms with E-state index >= 15 is 0 Å². The van der Waals surface area contributed by atoms with E-state index in [1.54, 1.807) is 6.08 Å². The summed E-state index contributed by atoms with van der Waals surface area (Å²) in [7, 11) is 0. The van der Waals surface area contributed by atoms with Crippen LogP contribution in [-0.4, -0.2) is 64.5 Å². The van der Waals surface area contributed by atoms with Gasteiger partial charge in [0.15, 0.2) is 0 Å². The molecule has 0 aliphatic rings. The van der Waals surface area contributed by atoms with Crippen molar-refractivity contribution in [3.8, 4) is 0 Å². The van der Waals surface area contributed by atoms with Crippen molar-refractivity contribution in [1.82, 2.24) is 4.90 Å². The first-order valence-electron chi connectivity index (χ1n) is 7.04. The van der Waals surface area contributed by atoms with E-state index in [0.29, 0.717) is 6.61 Å². The van der Waals surface area contributed by atoms with E-state index in [0.717, 1.165) is 16.0 Å². The molecule has 1 aromatic carbocycles. The fourth-order valence-electron chi connectivity index (χ4n) is 1.98. The average molecular weight is 323 g/mol. The monoisotopic (exact) mass is 323 g/mol. The predicted molar refractivity (Wildman–Crippen MR) is 83.9 cm³/mol. The first-order chi connectivity index (χ1) is 10.9. The van der Waals surface area contributed by atoms with Crippen molar-refractivity contribution in [2.24, 2.45) is 0 Å². The maximum atomic E-state index is 10.7. The summed E-state index contributed by atoms with van der Waals surface area (Å²) in [4.78, 5) is 22.5. The van der Waals surface area contributed by atoms with Crippen molar-refractivity contribution < 1.29 is 29.6 Å². The van der Waals surface area contributed by atoms with Crippen molar-refractivity contribution >= 4 is 18.0 Å². The van der Waals surface area contributed by atoms with Crippen molar-refractivity contribution in [3.63, 3.8) is 0 Å². The van der Waals surface area contributed by atoms with Crippen LogP contribution in [0.4, 0.5) is 0 Å². The molecule has 0 saturated carbocycles. The molecule has 0 saturated heterocycles. The van der Waals surface area contributed by atoms with E-state index in [1.165, 1.54) is 0 Å². The van der Waals surface area contributed by atoms with Gasteiger partial charge in [-0.2, -0.15) is 0 Å². The third kappa shape index (κ3) is 8.10. The molecule has 0 aromatic heterocycles. The molecule has 7 heteroatoms. The van der Waals surface area contributed by atoms with Gasteiger partial charge in [0.25, 0.3) is 0 Å². The standard InChI is InChI=1S/C16H21NO6/c1-2-12-3-5-13(6-4-12)10-23-11-14(18)7-17(8-15(19)20)9-16(21)22/h2-6,14,18H,1,7-11H2,(H,19,20)(H,21,22). The van der Waals surface area contributed by atoms with Gasteiger partial charge in [-0.3, -0.25) is 14.5 Å². The zero-order chi connectivity index (χ0) is 17.2. The van der Waals surface area contributed by atoms with Crippen LogP contribution in [-0.2, 0) is 20.9 Å². The van der Waals surface area contributed by atoms with Crippen LogP contribution < -0.4 is 0 Å². The summed E-state index contributed by atoms with van der Waals surface area (Å²) in [6, 6.07) is 7.54. The number of hydrogen-bond donors (Lipinski definition) is 3. The summed E-state index contributed by atoms with van der Waals surface area (Å²) in [5.74, 6) is -2.30. The number of hydrogen-bond acceptors (Lipinski definition) is 5. The molecule has 0 amide bonds. The first kappa shape index (κ1) is 18.8. The number of carboxylic acids is 2. The lowest BCUT2D eigenvalue weighted by atomic mass is 10.1. The van der Waals surface area contributed by atoms with Crippen LogP contribution in [0, 0.1) is 0 Å². The number of benzene rings is 1. The minimum Gasteiger partial charge on any atom is -0.480 e. The number of carboxylic acid groups (broad SMARTS) is 2. The van der Waals surface area contributed by atoms with Crippen molar-refractivity contribution in [2.45, 2.75) is 12.7 Å². The third-order valence-electron chi connectivity index (χ3n) is 2.98. The van der Waals surface area contributed by atoms with E-state index < -0.39 is 31.1 Å². The van der Waals surface area contributed by atoms with Gasteiger partial charge < -0.3 is 20.1 Å². The largest absolute Gasteiger partial charge is 0.480 e. The van der Waals surface area contributed by atoms with E-state index in [9.17, 15) is 14.7 Å². The fraction of sp³-hybridized carbons (Fsp3) is 0.375. The van der Waals surface area contributed by atoms with Crippen LogP contribution in [0.15, 0.2) is 30.8 Å². The topological polar surface area (TPSA) is 107 Å². The van der Waals surface area contributed by atoms with Crippen LogP contribution in [0.5, 0.6) is 0 Å². The Morgan fingerprint density at radius 3 is 2.22 bits per heavy atom. The summed E-state index contributed by atoms with van der Waals surface area (Å²) in [5.41, 5.74) is 1.92. The number of nitrogens with zero attached hydrogens (tertiary/aromatic N) is 1. The lowest BCUT2D eigenvalue weighted by Gasteiger charge is -2.21. The average Bonchev–Trinajstić information content (AvgIpc) is 2.46. The van der Waals surface area contributed by atoms with Crippen molar-refractivity contribution in [1.29, 1.82) is 0 Å². The van der Waals surface area contributed by atoms with Gasteiger partial charge in [0.05, 0.1) is 32.4 Å². The van der Waals surface area contributed by atoms with Gasteiger partial charge in [-0.1, -0.05) is 36.9 Å². The quantitative estimate of drug-likeness (QED) is 0.549. The Labute approximate surface area is 134 Å². The van der Waals surface area contributed by atoms with Crippen LogP contribution in [0.3, 0.4) is 0 Å². The minimum atomic E-state index is -1.15. The highest BCUT2D eigenvalue weighted by Gasteiger charge is 2.17. The minimum absolute atomic E-state index is 0.0149. The highest BCUT2D eigenvalue weighted by Crippen LogP contribution is 2.07. The van der Waals surface area contributed by atoms with Gasteiger partial charge in [-0.05, 0) is 11.1 Å². The van der Waals surface area contributed by atoms with Gasteiger partial charge in [-0.25, -0.2) is 0 Å². The van der Waals surface area contributed by atoms with Crippen molar-refractivity contribution in [2.75, 3.05) is 26.2 Å². The second kappa shape index (κ2) is 9.73. The molecule has 0 heterocycles. The highest BCUT2D eigenvalue weighted by molar-refractivity contribution is 5.72. The van der Waals surface area contributed by atoms with Gasteiger partial charge >= 0.3 is 11.9 Å². The molecule has 1 atom stereocenters. The number of ether oxygens (including phenoxy) is 1. The van der Waals surface area contributed by atoms with E-state index in [-0.39, 0.29) is 13.2 Å². The molecule has 0 aliphatic carbocycles. The van der Waals surface area contributed by atoms with E-state index in [2.05, 4.69) is 6.58 Å². The zero-order valence-electron chi connectivity index (χ0n) is 12.7. The SMILES string of the molecule is C=Cc1ccc(COCC(O)CN(CC(=O)O)CC(=O)O)cc1. The van der Waals surface area contributed by atoms with Crippen LogP contribution in [0.1, 0.15) is 11.1 Å². The lowest BCUT2D eigenvalue weighted by Crippen LogP contribution is -2.41. The smallest absolute Gasteiger partial charge is 0.317 e. The van der Waals surface area contributed by atoms with Gasteiger partial charge in [0, 0.05) is 6.54 Å². The number of carbonyl (C=O) groups is 2. The molecule has 3 N–H and O–H groups in total. The molecule has 0 fully saturated rings. The number of aliphatic carboxylic acids is 2. The molecule has 7 nitrogen and oxygen atoms in total. The Morgan fingerprint density at radius 1 is 1.17 bits per heavy atom. The molecular weight excluding hydrogens is 302 g/mol. The van der Waals surface area contributed by atoms with E-state index in [4.69, 9.17) is 14.9 Å². The normalized spacial score (nSPS) is 12.1.